The van der Waals surface area contributed by atoms with Crippen molar-refractivity contribution < 1.29 is 4.79 Å². The minimum Gasteiger partial charge on any atom is -0.337 e. The summed E-state index contributed by atoms with van der Waals surface area (Å²) in [5, 5.41) is 0. The first-order chi connectivity index (χ1) is 13.7. The summed E-state index contributed by atoms with van der Waals surface area (Å²) in [7, 11) is 1.95. The summed E-state index contributed by atoms with van der Waals surface area (Å²) < 4.78 is 0. The van der Waals surface area contributed by atoms with Crippen LogP contribution in [0.15, 0.2) is 67.1 Å². The molecule has 7 heteroatoms. The van der Waals surface area contributed by atoms with Crippen LogP contribution in [0.3, 0.4) is 0 Å². The van der Waals surface area contributed by atoms with Gasteiger partial charge in [0.1, 0.15) is 5.82 Å². The maximum absolute atomic E-state index is 13.0. The lowest BCUT2D eigenvalue weighted by molar-refractivity contribution is 0.0746. The molecule has 1 aromatic carbocycles. The molecule has 3 aromatic rings. The van der Waals surface area contributed by atoms with Crippen molar-refractivity contribution in [2.24, 2.45) is 0 Å². The molecule has 4 rings (SSSR count). The molecule has 7 nitrogen and oxygen atoms in total. The molecule has 1 aliphatic heterocycles. The van der Waals surface area contributed by atoms with E-state index in [4.69, 9.17) is 0 Å². The minimum atomic E-state index is 0.0266. The first-order valence-electron chi connectivity index (χ1n) is 9.28. The summed E-state index contributed by atoms with van der Waals surface area (Å²) in [5.74, 6) is 1.48. The fourth-order valence-electron chi connectivity index (χ4n) is 3.27. The third-order valence-electron chi connectivity index (χ3n) is 4.88. The molecule has 28 heavy (non-hydrogen) atoms. The van der Waals surface area contributed by atoms with Crippen LogP contribution >= 0.6 is 0 Å². The van der Waals surface area contributed by atoms with Gasteiger partial charge in [0.05, 0.1) is 0 Å². The Bertz CT molecular complexity index is 926. The van der Waals surface area contributed by atoms with Gasteiger partial charge >= 0.3 is 0 Å². The SMILES string of the molecule is CN(c1ccccc1)c1cc(C(=O)N2CCN(c3ncccn3)CC2)ccn1. The number of nitrogens with zero attached hydrogens (tertiary/aromatic N) is 6. The van der Waals surface area contributed by atoms with Gasteiger partial charge in [0, 0.05) is 63.1 Å². The van der Waals surface area contributed by atoms with Gasteiger partial charge in [-0.05, 0) is 30.3 Å². The molecule has 0 N–H and O–H groups in total. The quantitative estimate of drug-likeness (QED) is 0.699. The van der Waals surface area contributed by atoms with Crippen LogP contribution in [-0.2, 0) is 0 Å². The lowest BCUT2D eigenvalue weighted by atomic mass is 10.2. The molecule has 1 saturated heterocycles. The van der Waals surface area contributed by atoms with Crippen molar-refractivity contribution in [3.63, 3.8) is 0 Å². The highest BCUT2D eigenvalue weighted by atomic mass is 16.2. The number of carbonyl (C=O) groups is 1. The van der Waals surface area contributed by atoms with E-state index >= 15 is 0 Å². The molecule has 0 saturated carbocycles. The zero-order chi connectivity index (χ0) is 19.3. The highest BCUT2D eigenvalue weighted by Gasteiger charge is 2.23. The van der Waals surface area contributed by atoms with E-state index in [1.165, 1.54) is 0 Å². The zero-order valence-electron chi connectivity index (χ0n) is 15.8. The van der Waals surface area contributed by atoms with Gasteiger partial charge in [-0.15, -0.1) is 0 Å². The number of carbonyl (C=O) groups excluding carboxylic acids is 1. The third kappa shape index (κ3) is 3.78. The van der Waals surface area contributed by atoms with E-state index in [1.54, 1.807) is 30.7 Å². The zero-order valence-corrected chi connectivity index (χ0v) is 15.8. The first-order valence-corrected chi connectivity index (χ1v) is 9.28. The molecule has 0 unspecified atom stereocenters. The van der Waals surface area contributed by atoms with Crippen molar-refractivity contribution in [2.45, 2.75) is 0 Å². The van der Waals surface area contributed by atoms with E-state index in [1.807, 2.05) is 53.2 Å². The van der Waals surface area contributed by atoms with Crippen LogP contribution in [0.5, 0.6) is 0 Å². The molecule has 0 bridgehead atoms. The predicted molar refractivity (Wildman–Crippen MR) is 109 cm³/mol. The lowest BCUT2D eigenvalue weighted by Gasteiger charge is -2.34. The van der Waals surface area contributed by atoms with Crippen molar-refractivity contribution in [2.75, 3.05) is 43.0 Å². The number of amides is 1. The fourth-order valence-corrected chi connectivity index (χ4v) is 3.27. The molecule has 0 aliphatic carbocycles. The molecular formula is C21H22N6O. The van der Waals surface area contributed by atoms with Gasteiger partial charge in [-0.1, -0.05) is 18.2 Å². The second kappa shape index (κ2) is 8.04. The van der Waals surface area contributed by atoms with Crippen LogP contribution in [0.4, 0.5) is 17.5 Å². The van der Waals surface area contributed by atoms with E-state index in [0.29, 0.717) is 24.6 Å². The van der Waals surface area contributed by atoms with E-state index in [-0.39, 0.29) is 5.91 Å². The average molecular weight is 374 g/mol. The van der Waals surface area contributed by atoms with Gasteiger partial charge in [0.15, 0.2) is 0 Å². The predicted octanol–water partition coefficient (Wildman–Crippen LogP) is 2.60. The molecule has 1 fully saturated rings. The van der Waals surface area contributed by atoms with E-state index < -0.39 is 0 Å². The van der Waals surface area contributed by atoms with Crippen LogP contribution in [0.1, 0.15) is 10.4 Å². The summed E-state index contributed by atoms with van der Waals surface area (Å²) in [6.45, 7) is 2.72. The summed E-state index contributed by atoms with van der Waals surface area (Å²) in [4.78, 5) is 31.9. The number of anilines is 3. The Morgan fingerprint density at radius 3 is 2.32 bits per heavy atom. The van der Waals surface area contributed by atoms with Crippen molar-refractivity contribution >= 4 is 23.4 Å². The highest BCUT2D eigenvalue weighted by Crippen LogP contribution is 2.22. The van der Waals surface area contributed by atoms with Crippen LogP contribution in [-0.4, -0.2) is 59.0 Å². The van der Waals surface area contributed by atoms with Gasteiger partial charge < -0.3 is 14.7 Å². The van der Waals surface area contributed by atoms with Gasteiger partial charge in [-0.2, -0.15) is 0 Å². The van der Waals surface area contributed by atoms with Crippen molar-refractivity contribution in [1.82, 2.24) is 19.9 Å². The van der Waals surface area contributed by atoms with Crippen LogP contribution in [0.2, 0.25) is 0 Å². The van der Waals surface area contributed by atoms with Crippen LogP contribution in [0.25, 0.3) is 0 Å². The average Bonchev–Trinajstić information content (AvgIpc) is 2.79. The van der Waals surface area contributed by atoms with Crippen LogP contribution in [0, 0.1) is 0 Å². The van der Waals surface area contributed by atoms with Crippen molar-refractivity contribution in [3.8, 4) is 0 Å². The molecule has 1 amide bonds. The molecule has 0 atom stereocenters. The number of rotatable bonds is 4. The van der Waals surface area contributed by atoms with E-state index in [9.17, 15) is 4.79 Å². The first kappa shape index (κ1) is 17.9. The lowest BCUT2D eigenvalue weighted by Crippen LogP contribution is -2.49. The van der Waals surface area contributed by atoms with Gasteiger partial charge in [-0.3, -0.25) is 4.79 Å². The second-order valence-corrected chi connectivity index (χ2v) is 6.63. The number of hydrogen-bond acceptors (Lipinski definition) is 6. The van der Waals surface area contributed by atoms with Gasteiger partial charge in [0.2, 0.25) is 5.95 Å². The smallest absolute Gasteiger partial charge is 0.254 e. The van der Waals surface area contributed by atoms with Crippen molar-refractivity contribution in [1.29, 1.82) is 0 Å². The third-order valence-corrected chi connectivity index (χ3v) is 4.88. The number of piperazine rings is 1. The maximum atomic E-state index is 13.0. The normalized spacial score (nSPS) is 14.0. The molecule has 1 aliphatic rings. The standard InChI is InChI=1S/C21H22N6O/c1-25(18-6-3-2-4-7-18)19-16-17(8-11-22-19)20(28)26-12-14-27(15-13-26)21-23-9-5-10-24-21/h2-11,16H,12-15H2,1H3. The molecular weight excluding hydrogens is 352 g/mol. The fraction of sp³-hybridized carbons (Fsp3) is 0.238. The monoisotopic (exact) mass is 374 g/mol. The number of hydrogen-bond donors (Lipinski definition) is 0. The van der Waals surface area contributed by atoms with Gasteiger partial charge in [-0.25, -0.2) is 15.0 Å². The molecule has 0 spiro atoms. The molecule has 0 radical (unpaired) electrons. The minimum absolute atomic E-state index is 0.0266. The Kier molecular flexibility index (Phi) is 5.14. The second-order valence-electron chi connectivity index (χ2n) is 6.63. The molecule has 3 heterocycles. The summed E-state index contributed by atoms with van der Waals surface area (Å²) in [5.41, 5.74) is 1.67. The number of pyridine rings is 1. The Balaban J connectivity index is 1.44. The summed E-state index contributed by atoms with van der Waals surface area (Å²) in [6.07, 6.45) is 5.17. The van der Waals surface area contributed by atoms with E-state index in [0.717, 1.165) is 24.6 Å². The Morgan fingerprint density at radius 2 is 1.61 bits per heavy atom. The summed E-state index contributed by atoms with van der Waals surface area (Å²) >= 11 is 0. The van der Waals surface area contributed by atoms with Gasteiger partial charge in [0.25, 0.3) is 5.91 Å². The highest BCUT2D eigenvalue weighted by molar-refractivity contribution is 5.95. The van der Waals surface area contributed by atoms with Crippen LogP contribution < -0.4 is 9.80 Å². The van der Waals surface area contributed by atoms with E-state index in [2.05, 4.69) is 19.9 Å². The molecule has 2 aromatic heterocycles. The number of aromatic nitrogens is 3. The van der Waals surface area contributed by atoms with Crippen molar-refractivity contribution in [3.05, 3.63) is 72.7 Å². The molecule has 142 valence electrons. The Labute approximate surface area is 164 Å². The summed E-state index contributed by atoms with van der Waals surface area (Å²) in [6, 6.07) is 15.4. The topological polar surface area (TPSA) is 65.5 Å². The largest absolute Gasteiger partial charge is 0.337 e. The Hall–Kier alpha value is -3.48. The Morgan fingerprint density at radius 1 is 0.893 bits per heavy atom. The maximum Gasteiger partial charge on any atom is 0.254 e. The number of benzene rings is 1. The number of para-hydroxylation sites is 1.